The number of carbonyl (C=O) groups excluding carboxylic acids is 1. The van der Waals surface area contributed by atoms with Crippen molar-refractivity contribution in [2.75, 3.05) is 21.1 Å². The molecular weight excluding hydrogens is 154 g/mol. The van der Waals surface area contributed by atoms with Crippen molar-refractivity contribution in [2.24, 2.45) is 5.73 Å². The number of nitrogens with zero attached hydrogens (tertiary/aromatic N) is 1. The maximum atomic E-state index is 10.1. The molecule has 0 bridgehead atoms. The van der Waals surface area contributed by atoms with Gasteiger partial charge in [-0.05, 0) is 27.6 Å². The molecule has 0 aromatic heterocycles. The number of amides is 1. The third-order valence-corrected chi connectivity index (χ3v) is 0.775. The second-order valence-electron chi connectivity index (χ2n) is 2.66. The summed E-state index contributed by atoms with van der Waals surface area (Å²) in [6.07, 6.45) is 0.648. The van der Waals surface area contributed by atoms with Crippen LogP contribution in [0.15, 0.2) is 12.2 Å². The van der Waals surface area contributed by atoms with E-state index in [4.69, 9.17) is 5.73 Å². The van der Waals surface area contributed by atoms with Gasteiger partial charge in [-0.1, -0.05) is 13.5 Å². The zero-order chi connectivity index (χ0) is 9.44. The van der Waals surface area contributed by atoms with Gasteiger partial charge < -0.3 is 16.8 Å². The van der Waals surface area contributed by atoms with E-state index < -0.39 is 5.91 Å². The molecule has 0 aliphatic heterocycles. The Labute approximate surface area is 75.0 Å². The molecule has 0 spiro atoms. The summed E-state index contributed by atoms with van der Waals surface area (Å²) in [6.45, 7) is 5.24. The molecule has 4 nitrogen and oxygen atoms in total. The molecule has 0 aliphatic carbocycles. The van der Waals surface area contributed by atoms with Gasteiger partial charge in [0.25, 0.3) is 0 Å². The first-order valence-electron chi connectivity index (χ1n) is 3.50. The Balaban J connectivity index is -0.000000142. The van der Waals surface area contributed by atoms with Crippen LogP contribution in [0.4, 0.5) is 0 Å². The standard InChI is InChI=1S/C5H9NO.C3H9N.H3N/c1-3-4(2)5(6)7;1-4(2)3;/h2-3H2,1H3,(H2,6,7);1-3H3;1H3. The van der Waals surface area contributed by atoms with Gasteiger partial charge in [0, 0.05) is 5.57 Å². The topological polar surface area (TPSA) is 81.3 Å². The molecule has 0 aromatic carbocycles. The molecule has 0 aliphatic rings. The van der Waals surface area contributed by atoms with Crippen molar-refractivity contribution in [3.63, 3.8) is 0 Å². The van der Waals surface area contributed by atoms with E-state index in [1.165, 1.54) is 0 Å². The maximum Gasteiger partial charge on any atom is 0.244 e. The van der Waals surface area contributed by atoms with Gasteiger partial charge in [-0.15, -0.1) is 0 Å². The van der Waals surface area contributed by atoms with E-state index in [1.807, 2.05) is 33.0 Å². The lowest BCUT2D eigenvalue weighted by Crippen LogP contribution is -2.11. The molecule has 0 atom stereocenters. The van der Waals surface area contributed by atoms with Crippen molar-refractivity contribution in [3.8, 4) is 0 Å². The second kappa shape index (κ2) is 10.1. The second-order valence-corrected chi connectivity index (χ2v) is 2.66. The van der Waals surface area contributed by atoms with E-state index in [2.05, 4.69) is 6.58 Å². The van der Waals surface area contributed by atoms with Crippen molar-refractivity contribution >= 4 is 5.91 Å². The summed E-state index contributed by atoms with van der Waals surface area (Å²) >= 11 is 0. The van der Waals surface area contributed by atoms with E-state index in [1.54, 1.807) is 0 Å². The predicted octanol–water partition coefficient (Wildman–Crippen LogP) is 0.778. The number of hydrogen-bond donors (Lipinski definition) is 2. The lowest BCUT2D eigenvalue weighted by molar-refractivity contribution is -0.114. The van der Waals surface area contributed by atoms with E-state index in [9.17, 15) is 4.79 Å². The van der Waals surface area contributed by atoms with Crippen LogP contribution in [-0.4, -0.2) is 32.0 Å². The summed E-state index contributed by atoms with van der Waals surface area (Å²) in [4.78, 5) is 12.1. The molecule has 0 saturated heterocycles. The third kappa shape index (κ3) is 22.9. The Morgan fingerprint density at radius 1 is 1.42 bits per heavy atom. The van der Waals surface area contributed by atoms with Crippen molar-refractivity contribution in [1.29, 1.82) is 0 Å². The zero-order valence-electron chi connectivity index (χ0n) is 8.55. The summed E-state index contributed by atoms with van der Waals surface area (Å²) < 4.78 is 0. The molecule has 1 amide bonds. The third-order valence-electron chi connectivity index (χ3n) is 0.775. The van der Waals surface area contributed by atoms with Gasteiger partial charge in [-0.2, -0.15) is 0 Å². The van der Waals surface area contributed by atoms with Gasteiger partial charge in [0.05, 0.1) is 0 Å². The Morgan fingerprint density at radius 3 is 1.67 bits per heavy atom. The van der Waals surface area contributed by atoms with Gasteiger partial charge in [-0.25, -0.2) is 0 Å². The monoisotopic (exact) mass is 175 g/mol. The lowest BCUT2D eigenvalue weighted by Gasteiger charge is -1.90. The molecule has 12 heavy (non-hydrogen) atoms. The SMILES string of the molecule is C=C(CC)C(N)=O.CN(C)C.N. The Morgan fingerprint density at radius 2 is 1.67 bits per heavy atom. The summed E-state index contributed by atoms with van der Waals surface area (Å²) in [7, 11) is 6.00. The number of carbonyl (C=O) groups is 1. The molecule has 5 N–H and O–H groups in total. The van der Waals surface area contributed by atoms with Crippen LogP contribution in [0.5, 0.6) is 0 Å². The first-order chi connectivity index (χ1) is 4.91. The minimum atomic E-state index is -0.400. The lowest BCUT2D eigenvalue weighted by atomic mass is 10.2. The van der Waals surface area contributed by atoms with Crippen LogP contribution >= 0.6 is 0 Å². The fraction of sp³-hybridized carbons (Fsp3) is 0.625. The van der Waals surface area contributed by atoms with Crippen LogP contribution in [0.1, 0.15) is 13.3 Å². The fourth-order valence-electron chi connectivity index (χ4n) is 0.174. The zero-order valence-corrected chi connectivity index (χ0v) is 8.55. The number of nitrogens with two attached hydrogens (primary N) is 1. The highest BCUT2D eigenvalue weighted by Gasteiger charge is 1.93. The highest BCUT2D eigenvalue weighted by molar-refractivity contribution is 5.91. The Kier molecular flexibility index (Phi) is 14.6. The van der Waals surface area contributed by atoms with E-state index in [0.717, 1.165) is 0 Å². The average Bonchev–Trinajstić information content (AvgIpc) is 1.85. The number of primary amides is 1. The largest absolute Gasteiger partial charge is 0.366 e. The minimum Gasteiger partial charge on any atom is -0.366 e. The average molecular weight is 175 g/mol. The molecule has 74 valence electrons. The van der Waals surface area contributed by atoms with E-state index >= 15 is 0 Å². The molecule has 0 heterocycles. The molecule has 0 radical (unpaired) electrons. The fourth-order valence-corrected chi connectivity index (χ4v) is 0.174. The highest BCUT2D eigenvalue weighted by atomic mass is 16.1. The van der Waals surface area contributed by atoms with Crippen LogP contribution < -0.4 is 11.9 Å². The van der Waals surface area contributed by atoms with Gasteiger partial charge in [0.2, 0.25) is 5.91 Å². The van der Waals surface area contributed by atoms with Crippen LogP contribution in [0.25, 0.3) is 0 Å². The van der Waals surface area contributed by atoms with Crippen LogP contribution in [0.3, 0.4) is 0 Å². The predicted molar refractivity (Wildman–Crippen MR) is 53.3 cm³/mol. The maximum absolute atomic E-state index is 10.1. The molecule has 0 rings (SSSR count). The van der Waals surface area contributed by atoms with Crippen molar-refractivity contribution in [3.05, 3.63) is 12.2 Å². The number of hydrogen-bond acceptors (Lipinski definition) is 3. The first-order valence-corrected chi connectivity index (χ1v) is 3.50. The normalized spacial score (nSPS) is 7.75. The van der Waals surface area contributed by atoms with Gasteiger partial charge in [0.1, 0.15) is 0 Å². The summed E-state index contributed by atoms with van der Waals surface area (Å²) in [5, 5.41) is 0. The molecule has 0 fully saturated rings. The molecule has 0 saturated carbocycles. The van der Waals surface area contributed by atoms with E-state index in [0.29, 0.717) is 12.0 Å². The summed E-state index contributed by atoms with van der Waals surface area (Å²) in [5.74, 6) is -0.400. The van der Waals surface area contributed by atoms with Crippen molar-refractivity contribution < 1.29 is 4.79 Å². The Bertz CT molecular complexity index is 130. The summed E-state index contributed by atoms with van der Waals surface area (Å²) in [6, 6.07) is 0. The van der Waals surface area contributed by atoms with Crippen LogP contribution in [0.2, 0.25) is 0 Å². The quantitative estimate of drug-likeness (QED) is 0.608. The first kappa shape index (κ1) is 17.3. The molecule has 4 heteroatoms. The van der Waals surface area contributed by atoms with Crippen LogP contribution in [-0.2, 0) is 4.79 Å². The van der Waals surface area contributed by atoms with Crippen molar-refractivity contribution in [2.45, 2.75) is 13.3 Å². The van der Waals surface area contributed by atoms with E-state index in [-0.39, 0.29) is 6.15 Å². The molecule has 0 unspecified atom stereocenters. The number of rotatable bonds is 2. The minimum absolute atomic E-state index is 0. The Hall–Kier alpha value is -0.870. The molecular formula is C8H21N3O. The van der Waals surface area contributed by atoms with Gasteiger partial charge in [-0.3, -0.25) is 4.79 Å². The summed E-state index contributed by atoms with van der Waals surface area (Å²) in [5.41, 5.74) is 5.29. The van der Waals surface area contributed by atoms with Gasteiger partial charge >= 0.3 is 0 Å². The van der Waals surface area contributed by atoms with Gasteiger partial charge in [0.15, 0.2) is 0 Å². The van der Waals surface area contributed by atoms with Crippen LogP contribution in [0, 0.1) is 0 Å². The van der Waals surface area contributed by atoms with Crippen molar-refractivity contribution in [1.82, 2.24) is 11.1 Å². The smallest absolute Gasteiger partial charge is 0.244 e. The molecule has 0 aromatic rings. The highest BCUT2D eigenvalue weighted by Crippen LogP contribution is 1.91.